The predicted octanol–water partition coefficient (Wildman–Crippen LogP) is 3.38. The molecular formula is C23H32O5. The van der Waals surface area contributed by atoms with E-state index in [1.807, 2.05) is 13.0 Å². The zero-order chi connectivity index (χ0) is 20.3. The van der Waals surface area contributed by atoms with Gasteiger partial charge in [0.1, 0.15) is 5.60 Å². The second-order valence-electron chi connectivity index (χ2n) is 10.00. The molecule has 5 heteroatoms. The second kappa shape index (κ2) is 6.51. The third-order valence-electron chi connectivity index (χ3n) is 9.10. The minimum atomic E-state index is -1.63. The van der Waals surface area contributed by atoms with Gasteiger partial charge in [-0.3, -0.25) is 9.59 Å². The molecule has 4 rings (SSSR count). The topological polar surface area (TPSA) is 80.7 Å². The number of carbonyl (C=O) groups excluding carboxylic acids is 3. The molecule has 0 spiro atoms. The minimum Gasteiger partial charge on any atom is -0.463 e. The summed E-state index contributed by atoms with van der Waals surface area (Å²) < 4.78 is 4.67. The van der Waals surface area contributed by atoms with Crippen LogP contribution < -0.4 is 0 Å². The number of aliphatic hydroxyl groups is 1. The van der Waals surface area contributed by atoms with E-state index in [1.165, 1.54) is 12.7 Å². The Morgan fingerprint density at radius 2 is 1.82 bits per heavy atom. The van der Waals surface area contributed by atoms with Crippen LogP contribution in [0.2, 0.25) is 0 Å². The Labute approximate surface area is 166 Å². The number of esters is 1. The molecular weight excluding hydrogens is 356 g/mol. The lowest BCUT2D eigenvalue weighted by atomic mass is 9.42. The smallest absolute Gasteiger partial charge is 0.377 e. The van der Waals surface area contributed by atoms with Crippen molar-refractivity contribution in [3.05, 3.63) is 11.6 Å². The Morgan fingerprint density at radius 1 is 1.07 bits per heavy atom. The van der Waals surface area contributed by atoms with Gasteiger partial charge in [-0.05, 0) is 80.6 Å². The first-order valence-corrected chi connectivity index (χ1v) is 10.8. The quantitative estimate of drug-likeness (QED) is 0.579. The van der Waals surface area contributed by atoms with E-state index in [-0.39, 0.29) is 17.1 Å². The van der Waals surface area contributed by atoms with E-state index in [9.17, 15) is 19.5 Å². The van der Waals surface area contributed by atoms with Crippen molar-refractivity contribution in [1.82, 2.24) is 0 Å². The van der Waals surface area contributed by atoms with E-state index in [1.54, 1.807) is 0 Å². The largest absolute Gasteiger partial charge is 0.463 e. The molecule has 5 nitrogen and oxygen atoms in total. The molecule has 6 atom stereocenters. The summed E-state index contributed by atoms with van der Waals surface area (Å²) in [6.07, 6.45) is 9.09. The fraction of sp³-hybridized carbons (Fsp3) is 0.783. The predicted molar refractivity (Wildman–Crippen MR) is 103 cm³/mol. The molecule has 0 aromatic heterocycles. The van der Waals surface area contributed by atoms with Crippen LogP contribution in [0.5, 0.6) is 0 Å². The summed E-state index contributed by atoms with van der Waals surface area (Å²) in [6, 6.07) is 0. The normalized spacial score (nSPS) is 45.2. The minimum absolute atomic E-state index is 0.0556. The highest BCUT2D eigenvalue weighted by atomic mass is 16.5. The summed E-state index contributed by atoms with van der Waals surface area (Å²) in [5.41, 5.74) is -0.863. The molecule has 1 N–H and O–H groups in total. The van der Waals surface area contributed by atoms with Crippen LogP contribution in [0.4, 0.5) is 0 Å². The number of allylic oxidation sites excluding steroid dienone is 2. The van der Waals surface area contributed by atoms with Crippen molar-refractivity contribution in [3.63, 3.8) is 0 Å². The maximum Gasteiger partial charge on any atom is 0.377 e. The van der Waals surface area contributed by atoms with Gasteiger partial charge in [0.2, 0.25) is 0 Å². The number of rotatable bonds is 2. The molecule has 0 unspecified atom stereocenters. The summed E-state index contributed by atoms with van der Waals surface area (Å²) in [7, 11) is 1.20. The Balaban J connectivity index is 1.69. The molecule has 0 aliphatic heterocycles. The molecule has 0 aromatic carbocycles. The molecule has 0 radical (unpaired) electrons. The van der Waals surface area contributed by atoms with Crippen molar-refractivity contribution in [2.75, 3.05) is 7.11 Å². The van der Waals surface area contributed by atoms with Gasteiger partial charge >= 0.3 is 5.97 Å². The number of fused-ring (bicyclic) bond motifs is 5. The molecule has 3 saturated carbocycles. The summed E-state index contributed by atoms with van der Waals surface area (Å²) in [4.78, 5) is 36.8. The Kier molecular flexibility index (Phi) is 4.61. The van der Waals surface area contributed by atoms with Crippen molar-refractivity contribution in [2.24, 2.45) is 28.6 Å². The van der Waals surface area contributed by atoms with Crippen LogP contribution in [0.1, 0.15) is 71.6 Å². The molecule has 4 aliphatic carbocycles. The molecule has 0 bridgehead atoms. The zero-order valence-corrected chi connectivity index (χ0v) is 17.3. The van der Waals surface area contributed by atoms with Crippen LogP contribution in [0.15, 0.2) is 11.6 Å². The van der Waals surface area contributed by atoms with Gasteiger partial charge in [0.25, 0.3) is 5.78 Å². The highest BCUT2D eigenvalue weighted by Crippen LogP contribution is 2.66. The third kappa shape index (κ3) is 2.51. The summed E-state index contributed by atoms with van der Waals surface area (Å²) in [5, 5.41) is 11.5. The monoisotopic (exact) mass is 388 g/mol. The van der Waals surface area contributed by atoms with Gasteiger partial charge in [-0.25, -0.2) is 4.79 Å². The van der Waals surface area contributed by atoms with Crippen LogP contribution in [0, 0.1) is 28.6 Å². The Bertz CT molecular complexity index is 754. The second-order valence-corrected chi connectivity index (χ2v) is 10.00. The van der Waals surface area contributed by atoms with E-state index >= 15 is 0 Å². The van der Waals surface area contributed by atoms with Gasteiger partial charge < -0.3 is 9.84 Å². The average Bonchev–Trinajstić information content (AvgIpc) is 2.68. The van der Waals surface area contributed by atoms with Gasteiger partial charge in [-0.15, -0.1) is 0 Å². The summed E-state index contributed by atoms with van der Waals surface area (Å²) in [6.45, 7) is 4.34. The third-order valence-corrected chi connectivity index (χ3v) is 9.10. The lowest BCUT2D eigenvalue weighted by Crippen LogP contribution is -2.65. The maximum atomic E-state index is 12.8. The number of Topliss-reactive ketones (excluding diaryl/α,β-unsaturated/α-hetero) is 1. The van der Waals surface area contributed by atoms with Crippen molar-refractivity contribution >= 4 is 17.5 Å². The fourth-order valence-electron chi connectivity index (χ4n) is 7.42. The van der Waals surface area contributed by atoms with E-state index in [0.29, 0.717) is 24.7 Å². The van der Waals surface area contributed by atoms with E-state index in [2.05, 4.69) is 11.7 Å². The highest BCUT2D eigenvalue weighted by molar-refractivity contribution is 6.37. The Hall–Kier alpha value is -1.49. The molecule has 3 fully saturated rings. The van der Waals surface area contributed by atoms with E-state index in [4.69, 9.17) is 0 Å². The van der Waals surface area contributed by atoms with Gasteiger partial charge in [0.15, 0.2) is 5.78 Å². The first kappa shape index (κ1) is 19.8. The average molecular weight is 389 g/mol. The van der Waals surface area contributed by atoms with Gasteiger partial charge in [0.05, 0.1) is 7.11 Å². The lowest BCUT2D eigenvalue weighted by Gasteiger charge is -2.63. The van der Waals surface area contributed by atoms with Crippen molar-refractivity contribution in [3.8, 4) is 0 Å². The van der Waals surface area contributed by atoms with Crippen molar-refractivity contribution in [1.29, 1.82) is 0 Å². The van der Waals surface area contributed by atoms with Gasteiger partial charge in [-0.2, -0.15) is 0 Å². The first-order chi connectivity index (χ1) is 13.2. The van der Waals surface area contributed by atoms with Crippen LogP contribution in [-0.4, -0.2) is 35.4 Å². The maximum absolute atomic E-state index is 12.8. The van der Waals surface area contributed by atoms with Crippen LogP contribution in [-0.2, 0) is 19.1 Å². The van der Waals surface area contributed by atoms with E-state index in [0.717, 1.165) is 44.9 Å². The number of methoxy groups -OCH3 is 1. The zero-order valence-electron chi connectivity index (χ0n) is 17.3. The Morgan fingerprint density at radius 3 is 2.54 bits per heavy atom. The molecule has 0 heterocycles. The summed E-state index contributed by atoms with van der Waals surface area (Å²) in [5.74, 6) is -0.331. The number of hydrogen-bond donors (Lipinski definition) is 1. The molecule has 4 aliphatic rings. The lowest BCUT2D eigenvalue weighted by molar-refractivity contribution is -0.200. The number of hydrogen-bond acceptors (Lipinski definition) is 5. The molecule has 28 heavy (non-hydrogen) atoms. The SMILES string of the molecule is COC(=O)C(=O)[C@@]1(O)CCC[C@H]2[C@@H]3CCC4=CC(=O)CC[C@]4(C)[C@H]3CC[C@@]21C. The van der Waals surface area contributed by atoms with Crippen molar-refractivity contribution in [2.45, 2.75) is 77.2 Å². The molecule has 0 amide bonds. The highest BCUT2D eigenvalue weighted by Gasteiger charge is 2.65. The fourth-order valence-corrected chi connectivity index (χ4v) is 7.42. The van der Waals surface area contributed by atoms with Crippen molar-refractivity contribution < 1.29 is 24.2 Å². The molecule has 0 saturated heterocycles. The summed E-state index contributed by atoms with van der Waals surface area (Å²) >= 11 is 0. The number of ketones is 2. The molecule has 0 aromatic rings. The van der Waals surface area contributed by atoms with Gasteiger partial charge in [0, 0.05) is 11.8 Å². The van der Waals surface area contributed by atoms with Crippen LogP contribution in [0.3, 0.4) is 0 Å². The molecule has 154 valence electrons. The van der Waals surface area contributed by atoms with Crippen LogP contribution >= 0.6 is 0 Å². The van der Waals surface area contributed by atoms with Gasteiger partial charge in [-0.1, -0.05) is 19.4 Å². The number of carbonyl (C=O) groups is 3. The van der Waals surface area contributed by atoms with Crippen LogP contribution in [0.25, 0.3) is 0 Å². The number of ether oxygens (including phenoxy) is 1. The first-order valence-electron chi connectivity index (χ1n) is 10.8. The van der Waals surface area contributed by atoms with E-state index < -0.39 is 22.8 Å². The standard InChI is InChI=1S/C23H32O5/c1-21-11-8-15(24)13-14(21)6-7-16-17(21)9-12-22(2)18(16)5-4-10-23(22,27)19(25)20(26)28-3/h13,16-18,27H,4-12H2,1-3H3/t16-,17+,18+,21+,22+,23+/m1/s1.